The molecular formula is C17H27FN2. The molecule has 1 fully saturated rings. The lowest BCUT2D eigenvalue weighted by Gasteiger charge is -2.33. The molecule has 2 unspecified atom stereocenters. The van der Waals surface area contributed by atoms with Crippen molar-refractivity contribution in [3.63, 3.8) is 0 Å². The molecular weight excluding hydrogens is 251 g/mol. The summed E-state index contributed by atoms with van der Waals surface area (Å²) in [6.07, 6.45) is 4.57. The molecule has 1 N–H and O–H groups in total. The molecule has 1 aromatic carbocycles. The SMILES string of the molecule is CCCN(CC1CCCN1)C(CC)c1ccccc1F. The zero-order valence-electron chi connectivity index (χ0n) is 12.7. The van der Waals surface area contributed by atoms with Crippen LogP contribution < -0.4 is 5.32 Å². The average molecular weight is 278 g/mol. The molecule has 1 aliphatic rings. The number of nitrogens with zero attached hydrogens (tertiary/aromatic N) is 1. The Hall–Kier alpha value is -0.930. The fourth-order valence-electron chi connectivity index (χ4n) is 3.28. The maximum atomic E-state index is 14.1. The number of halogens is 1. The second kappa shape index (κ2) is 7.75. The van der Waals surface area contributed by atoms with Crippen molar-refractivity contribution in [1.29, 1.82) is 0 Å². The zero-order chi connectivity index (χ0) is 14.4. The van der Waals surface area contributed by atoms with Crippen molar-refractivity contribution in [1.82, 2.24) is 10.2 Å². The van der Waals surface area contributed by atoms with E-state index in [4.69, 9.17) is 0 Å². The van der Waals surface area contributed by atoms with Gasteiger partial charge in [0.2, 0.25) is 0 Å². The largest absolute Gasteiger partial charge is 0.313 e. The quantitative estimate of drug-likeness (QED) is 0.817. The van der Waals surface area contributed by atoms with Crippen molar-refractivity contribution in [3.05, 3.63) is 35.6 Å². The molecule has 2 nitrogen and oxygen atoms in total. The van der Waals surface area contributed by atoms with Gasteiger partial charge in [0.15, 0.2) is 0 Å². The van der Waals surface area contributed by atoms with Gasteiger partial charge >= 0.3 is 0 Å². The van der Waals surface area contributed by atoms with Gasteiger partial charge in [0, 0.05) is 24.2 Å². The molecule has 20 heavy (non-hydrogen) atoms. The number of hydrogen-bond acceptors (Lipinski definition) is 2. The van der Waals surface area contributed by atoms with Crippen LogP contribution in [-0.4, -0.2) is 30.6 Å². The monoisotopic (exact) mass is 278 g/mol. The lowest BCUT2D eigenvalue weighted by atomic mass is 10.0. The third-order valence-corrected chi connectivity index (χ3v) is 4.22. The molecule has 3 heteroatoms. The van der Waals surface area contributed by atoms with E-state index in [-0.39, 0.29) is 11.9 Å². The van der Waals surface area contributed by atoms with Crippen LogP contribution in [0.4, 0.5) is 4.39 Å². The van der Waals surface area contributed by atoms with Crippen LogP contribution >= 0.6 is 0 Å². The Bertz CT molecular complexity index is 402. The molecule has 0 saturated carbocycles. The first-order valence-corrected chi connectivity index (χ1v) is 7.98. The fourth-order valence-corrected chi connectivity index (χ4v) is 3.28. The van der Waals surface area contributed by atoms with E-state index < -0.39 is 0 Å². The minimum absolute atomic E-state index is 0.0696. The van der Waals surface area contributed by atoms with Gasteiger partial charge in [0.1, 0.15) is 5.82 Å². The molecule has 1 aliphatic heterocycles. The average Bonchev–Trinajstić information content (AvgIpc) is 2.95. The van der Waals surface area contributed by atoms with Gasteiger partial charge in [-0.1, -0.05) is 32.0 Å². The van der Waals surface area contributed by atoms with E-state index in [1.54, 1.807) is 12.1 Å². The molecule has 2 atom stereocenters. The summed E-state index contributed by atoms with van der Waals surface area (Å²) in [5.74, 6) is -0.0696. The van der Waals surface area contributed by atoms with Gasteiger partial charge < -0.3 is 5.32 Å². The van der Waals surface area contributed by atoms with Gasteiger partial charge in [0.05, 0.1) is 0 Å². The Morgan fingerprint density at radius 1 is 1.35 bits per heavy atom. The van der Waals surface area contributed by atoms with Gasteiger partial charge in [-0.2, -0.15) is 0 Å². The molecule has 1 saturated heterocycles. The number of hydrogen-bond donors (Lipinski definition) is 1. The Morgan fingerprint density at radius 2 is 2.15 bits per heavy atom. The summed E-state index contributed by atoms with van der Waals surface area (Å²) in [6.45, 7) is 7.54. The van der Waals surface area contributed by atoms with Gasteiger partial charge in [0.25, 0.3) is 0 Å². The Labute approximate surface area is 122 Å². The Kier molecular flexibility index (Phi) is 5.99. The molecule has 2 rings (SSSR count). The summed E-state index contributed by atoms with van der Waals surface area (Å²) in [6, 6.07) is 8.00. The summed E-state index contributed by atoms with van der Waals surface area (Å²) < 4.78 is 14.1. The van der Waals surface area contributed by atoms with Crippen LogP contribution in [-0.2, 0) is 0 Å². The summed E-state index contributed by atoms with van der Waals surface area (Å²) >= 11 is 0. The molecule has 0 aromatic heterocycles. The topological polar surface area (TPSA) is 15.3 Å². The molecule has 0 amide bonds. The predicted molar refractivity (Wildman–Crippen MR) is 82.3 cm³/mol. The highest BCUT2D eigenvalue weighted by Gasteiger charge is 2.24. The zero-order valence-corrected chi connectivity index (χ0v) is 12.7. The van der Waals surface area contributed by atoms with E-state index in [0.717, 1.165) is 38.0 Å². The minimum Gasteiger partial charge on any atom is -0.313 e. The molecule has 1 heterocycles. The lowest BCUT2D eigenvalue weighted by Crippen LogP contribution is -2.40. The molecule has 112 valence electrons. The number of benzene rings is 1. The smallest absolute Gasteiger partial charge is 0.127 e. The Morgan fingerprint density at radius 3 is 2.75 bits per heavy atom. The van der Waals surface area contributed by atoms with Crippen LogP contribution in [0.15, 0.2) is 24.3 Å². The number of nitrogens with one attached hydrogen (secondary N) is 1. The van der Waals surface area contributed by atoms with Crippen molar-refractivity contribution < 1.29 is 4.39 Å². The standard InChI is InChI=1S/C17H27FN2/c1-3-12-20(13-14-8-7-11-19-14)17(4-2)15-9-5-6-10-16(15)18/h5-6,9-10,14,17,19H,3-4,7-8,11-13H2,1-2H3. The van der Waals surface area contributed by atoms with Gasteiger partial charge in [-0.15, -0.1) is 0 Å². The highest BCUT2D eigenvalue weighted by molar-refractivity contribution is 5.21. The first-order valence-electron chi connectivity index (χ1n) is 7.98. The van der Waals surface area contributed by atoms with Crippen molar-refractivity contribution in [2.45, 2.75) is 51.6 Å². The third-order valence-electron chi connectivity index (χ3n) is 4.22. The molecule has 0 spiro atoms. The predicted octanol–water partition coefficient (Wildman–Crippen LogP) is 3.74. The van der Waals surface area contributed by atoms with E-state index in [0.29, 0.717) is 6.04 Å². The van der Waals surface area contributed by atoms with E-state index in [1.807, 2.05) is 12.1 Å². The fraction of sp³-hybridized carbons (Fsp3) is 0.647. The van der Waals surface area contributed by atoms with Crippen LogP contribution in [0.5, 0.6) is 0 Å². The summed E-state index contributed by atoms with van der Waals surface area (Å²) in [5.41, 5.74) is 0.849. The second-order valence-corrected chi connectivity index (χ2v) is 5.73. The normalized spacial score (nSPS) is 20.5. The molecule has 0 radical (unpaired) electrons. The molecule has 0 bridgehead atoms. The van der Waals surface area contributed by atoms with Crippen LogP contribution in [0.25, 0.3) is 0 Å². The van der Waals surface area contributed by atoms with E-state index in [9.17, 15) is 4.39 Å². The maximum Gasteiger partial charge on any atom is 0.127 e. The van der Waals surface area contributed by atoms with Crippen LogP contribution in [0.2, 0.25) is 0 Å². The van der Waals surface area contributed by atoms with E-state index in [2.05, 4.69) is 24.1 Å². The van der Waals surface area contributed by atoms with Crippen molar-refractivity contribution in [3.8, 4) is 0 Å². The Balaban J connectivity index is 2.13. The summed E-state index contributed by atoms with van der Waals surface area (Å²) in [4.78, 5) is 2.46. The van der Waals surface area contributed by atoms with Crippen molar-refractivity contribution >= 4 is 0 Å². The third kappa shape index (κ3) is 3.80. The second-order valence-electron chi connectivity index (χ2n) is 5.73. The van der Waals surface area contributed by atoms with E-state index in [1.165, 1.54) is 12.8 Å². The molecule has 0 aliphatic carbocycles. The van der Waals surface area contributed by atoms with Gasteiger partial charge in [-0.05, 0) is 44.8 Å². The first kappa shape index (κ1) is 15.5. The number of rotatable bonds is 7. The van der Waals surface area contributed by atoms with Crippen LogP contribution in [0.1, 0.15) is 51.1 Å². The summed E-state index contributed by atoms with van der Waals surface area (Å²) in [5, 5.41) is 3.56. The van der Waals surface area contributed by atoms with Gasteiger partial charge in [-0.25, -0.2) is 4.39 Å². The summed E-state index contributed by atoms with van der Waals surface area (Å²) in [7, 11) is 0. The van der Waals surface area contributed by atoms with Crippen LogP contribution in [0.3, 0.4) is 0 Å². The van der Waals surface area contributed by atoms with Crippen molar-refractivity contribution in [2.75, 3.05) is 19.6 Å². The van der Waals surface area contributed by atoms with Gasteiger partial charge in [-0.3, -0.25) is 4.90 Å². The lowest BCUT2D eigenvalue weighted by molar-refractivity contribution is 0.172. The first-order chi connectivity index (χ1) is 9.76. The molecule has 1 aromatic rings. The van der Waals surface area contributed by atoms with Crippen LogP contribution in [0, 0.1) is 5.82 Å². The minimum atomic E-state index is -0.0696. The maximum absolute atomic E-state index is 14.1. The van der Waals surface area contributed by atoms with E-state index >= 15 is 0 Å². The van der Waals surface area contributed by atoms with Crippen molar-refractivity contribution in [2.24, 2.45) is 0 Å². The highest BCUT2D eigenvalue weighted by Crippen LogP contribution is 2.27. The highest BCUT2D eigenvalue weighted by atomic mass is 19.1.